The number of non-ortho nitro benzene ring substituents is 2. The highest BCUT2D eigenvalue weighted by Crippen LogP contribution is 2.32. The Balaban J connectivity index is 0.000000134. The molecule has 7 rings (SSSR count). The number of para-hydroxylation sites is 1. The SMILES string of the molecule is O=[N+]([O-])c1ccc2[nH]ccc2c1.O=[N+]([O-])c1cccc2[nH]cnc12.OC[C@H]1O[C@@H](n2cnc3c(O)ncnc32)[C@H](O)[C@@H]1O. The van der Waals surface area contributed by atoms with Crippen molar-refractivity contribution in [2.75, 3.05) is 6.61 Å². The van der Waals surface area contributed by atoms with Crippen molar-refractivity contribution in [1.29, 1.82) is 0 Å². The van der Waals surface area contributed by atoms with E-state index in [2.05, 4.69) is 29.9 Å². The van der Waals surface area contributed by atoms with Crippen LogP contribution in [0.3, 0.4) is 0 Å². The smallest absolute Gasteiger partial charge is 0.297 e. The Hall–Kier alpha value is -5.56. The van der Waals surface area contributed by atoms with Gasteiger partial charge in [-0.05, 0) is 18.2 Å². The first-order valence-electron chi connectivity index (χ1n) is 12.5. The number of hydrogen-bond donors (Lipinski definition) is 6. The van der Waals surface area contributed by atoms with Crippen LogP contribution < -0.4 is 0 Å². The van der Waals surface area contributed by atoms with Crippen LogP contribution in [0.5, 0.6) is 5.88 Å². The van der Waals surface area contributed by atoms with E-state index in [-0.39, 0.29) is 28.4 Å². The van der Waals surface area contributed by atoms with E-state index in [1.54, 1.807) is 30.5 Å². The fraction of sp³-hybridized carbons (Fsp3) is 0.200. The number of nitrogens with zero attached hydrogens (tertiary/aromatic N) is 7. The van der Waals surface area contributed by atoms with Crippen molar-refractivity contribution in [3.63, 3.8) is 0 Å². The summed E-state index contributed by atoms with van der Waals surface area (Å²) < 4.78 is 6.73. The Morgan fingerprint density at radius 3 is 2.47 bits per heavy atom. The minimum Gasteiger partial charge on any atom is -0.492 e. The molecule has 4 atom stereocenters. The van der Waals surface area contributed by atoms with E-state index in [0.717, 1.165) is 17.2 Å². The number of ether oxygens (including phenoxy) is 1. The Labute approximate surface area is 239 Å². The summed E-state index contributed by atoms with van der Waals surface area (Å²) in [7, 11) is 0. The summed E-state index contributed by atoms with van der Waals surface area (Å²) in [5, 5.41) is 59.9. The molecule has 0 radical (unpaired) electrons. The third kappa shape index (κ3) is 5.78. The van der Waals surface area contributed by atoms with E-state index in [1.807, 2.05) is 6.07 Å². The molecule has 5 heterocycles. The highest BCUT2D eigenvalue weighted by molar-refractivity contribution is 5.84. The first kappa shape index (κ1) is 29.0. The molecule has 1 aliphatic heterocycles. The fourth-order valence-electron chi connectivity index (χ4n) is 4.39. The Morgan fingerprint density at radius 1 is 0.930 bits per heavy atom. The van der Waals surface area contributed by atoms with Crippen molar-refractivity contribution >= 4 is 44.5 Å². The molecule has 1 aliphatic rings. The second-order valence-corrected chi connectivity index (χ2v) is 9.09. The van der Waals surface area contributed by atoms with Gasteiger partial charge in [-0.25, -0.2) is 15.0 Å². The molecule has 2 aromatic carbocycles. The quantitative estimate of drug-likeness (QED) is 0.126. The molecule has 1 saturated heterocycles. The van der Waals surface area contributed by atoms with Crippen LogP contribution in [0.15, 0.2) is 67.6 Å². The van der Waals surface area contributed by atoms with E-state index >= 15 is 0 Å². The molecule has 4 aromatic heterocycles. The number of aliphatic hydroxyl groups excluding tert-OH is 3. The lowest BCUT2D eigenvalue weighted by Crippen LogP contribution is -2.33. The molecule has 6 N–H and O–H groups in total. The van der Waals surface area contributed by atoms with Crippen molar-refractivity contribution < 1.29 is 35.0 Å². The van der Waals surface area contributed by atoms with E-state index in [0.29, 0.717) is 11.0 Å². The molecule has 1 fully saturated rings. The predicted molar refractivity (Wildman–Crippen MR) is 148 cm³/mol. The van der Waals surface area contributed by atoms with Gasteiger partial charge < -0.3 is 35.1 Å². The zero-order valence-corrected chi connectivity index (χ0v) is 21.8. The number of hydrogen-bond acceptors (Lipinski definition) is 13. The topological polar surface area (TPSA) is 264 Å². The van der Waals surface area contributed by atoms with Gasteiger partial charge in [0.1, 0.15) is 24.6 Å². The lowest BCUT2D eigenvalue weighted by molar-refractivity contribution is -0.384. The number of fused-ring (bicyclic) bond motifs is 3. The van der Waals surface area contributed by atoms with Crippen molar-refractivity contribution in [3.8, 4) is 5.88 Å². The fourth-order valence-corrected chi connectivity index (χ4v) is 4.39. The number of aromatic amines is 2. The molecule has 0 saturated carbocycles. The molecule has 43 heavy (non-hydrogen) atoms. The summed E-state index contributed by atoms with van der Waals surface area (Å²) in [5.41, 5.74) is 2.60. The van der Waals surface area contributed by atoms with E-state index < -0.39 is 41.0 Å². The van der Waals surface area contributed by atoms with Crippen LogP contribution in [0.1, 0.15) is 6.23 Å². The Kier molecular flexibility index (Phi) is 8.16. The first-order chi connectivity index (χ1) is 20.7. The van der Waals surface area contributed by atoms with Crippen molar-refractivity contribution in [3.05, 3.63) is 87.9 Å². The second kappa shape index (κ2) is 12.1. The number of imidazole rings is 2. The van der Waals surface area contributed by atoms with E-state index in [9.17, 15) is 35.5 Å². The van der Waals surface area contributed by atoms with Gasteiger partial charge in [-0.2, -0.15) is 4.98 Å². The van der Waals surface area contributed by atoms with Gasteiger partial charge in [0.15, 0.2) is 22.9 Å². The molecule has 0 bridgehead atoms. The van der Waals surface area contributed by atoms with Crippen molar-refractivity contribution in [2.24, 2.45) is 0 Å². The summed E-state index contributed by atoms with van der Waals surface area (Å²) in [6, 6.07) is 11.3. The zero-order valence-electron chi connectivity index (χ0n) is 21.8. The Bertz CT molecular complexity index is 1900. The number of nitrogens with one attached hydrogen (secondary N) is 2. The summed E-state index contributed by atoms with van der Waals surface area (Å²) in [5.74, 6) is -0.282. The molecule has 222 valence electrons. The molecule has 6 aromatic rings. The second-order valence-electron chi connectivity index (χ2n) is 9.09. The number of aliphatic hydroxyl groups is 3. The third-order valence-electron chi connectivity index (χ3n) is 6.50. The van der Waals surface area contributed by atoms with Gasteiger partial charge in [-0.3, -0.25) is 24.8 Å². The molecular formula is C25H23N9O9. The van der Waals surface area contributed by atoms with Gasteiger partial charge in [0.05, 0.1) is 34.6 Å². The van der Waals surface area contributed by atoms with Crippen molar-refractivity contribution in [2.45, 2.75) is 24.5 Å². The summed E-state index contributed by atoms with van der Waals surface area (Å²) >= 11 is 0. The molecule has 0 amide bonds. The van der Waals surface area contributed by atoms with Crippen molar-refractivity contribution in [1.82, 2.24) is 34.5 Å². The summed E-state index contributed by atoms with van der Waals surface area (Å²) in [6.45, 7) is -0.415. The maximum absolute atomic E-state index is 10.5. The normalized spacial score (nSPS) is 19.5. The van der Waals surface area contributed by atoms with Crippen LogP contribution in [0.4, 0.5) is 11.4 Å². The van der Waals surface area contributed by atoms with Gasteiger partial charge in [-0.1, -0.05) is 6.07 Å². The largest absolute Gasteiger partial charge is 0.492 e. The van der Waals surface area contributed by atoms with Crippen LogP contribution in [-0.4, -0.2) is 89.7 Å². The molecule has 0 spiro atoms. The third-order valence-corrected chi connectivity index (χ3v) is 6.50. The lowest BCUT2D eigenvalue weighted by Gasteiger charge is -2.16. The summed E-state index contributed by atoms with van der Waals surface area (Å²) in [4.78, 5) is 41.1. The lowest BCUT2D eigenvalue weighted by atomic mass is 10.1. The maximum Gasteiger partial charge on any atom is 0.297 e. The molecule has 18 heteroatoms. The number of nitro groups is 2. The average Bonchev–Trinajstić information content (AvgIpc) is 3.80. The number of aromatic hydroxyl groups is 1. The summed E-state index contributed by atoms with van der Waals surface area (Å²) in [6.07, 6.45) is 1.41. The van der Waals surface area contributed by atoms with Gasteiger partial charge >= 0.3 is 0 Å². The molecular weight excluding hydrogens is 570 g/mol. The molecule has 0 unspecified atom stereocenters. The van der Waals surface area contributed by atoms with Gasteiger partial charge in [-0.15, -0.1) is 0 Å². The highest BCUT2D eigenvalue weighted by Gasteiger charge is 2.44. The Morgan fingerprint density at radius 2 is 1.74 bits per heavy atom. The monoisotopic (exact) mass is 593 g/mol. The van der Waals surface area contributed by atoms with E-state index in [4.69, 9.17) is 9.84 Å². The predicted octanol–water partition coefficient (Wildman–Crippen LogP) is 1.69. The number of benzene rings is 2. The minimum atomic E-state index is -1.23. The standard InChI is InChI=1S/C10H12N4O5.C8H6N2O2.C7H5N3O2/c15-1-4-6(16)7(17)10(19-4)14-3-13-5-8(14)11-2-12-9(5)18;11-10(12)7-1-2-8-6(5-7)3-4-9-8;11-10(12)6-3-1-2-5-7(6)9-4-8-5/h2-4,6-7,10,15-17H,1H2,(H,11,12,18);1-5,9H;1-4H,(H,8,9)/t4-,6-,7-,10-;;/m1../s1. The first-order valence-corrected chi connectivity index (χ1v) is 12.5. The van der Waals surface area contributed by atoms with E-state index in [1.165, 1.54) is 29.4 Å². The number of nitro benzene ring substituents is 2. The van der Waals surface area contributed by atoms with Crippen LogP contribution >= 0.6 is 0 Å². The van der Waals surface area contributed by atoms with Gasteiger partial charge in [0.2, 0.25) is 5.88 Å². The van der Waals surface area contributed by atoms with Crippen LogP contribution in [0, 0.1) is 20.2 Å². The molecule has 0 aliphatic carbocycles. The maximum atomic E-state index is 10.5. The number of rotatable bonds is 4. The minimum absolute atomic E-state index is 0.0359. The van der Waals surface area contributed by atoms with Crippen LogP contribution in [0.2, 0.25) is 0 Å². The zero-order chi connectivity index (χ0) is 30.7. The number of aromatic nitrogens is 7. The van der Waals surface area contributed by atoms with Gasteiger partial charge in [0, 0.05) is 35.3 Å². The van der Waals surface area contributed by atoms with Crippen LogP contribution in [-0.2, 0) is 4.74 Å². The number of H-pyrrole nitrogens is 2. The molecule has 18 nitrogen and oxygen atoms in total. The highest BCUT2D eigenvalue weighted by atomic mass is 16.6. The average molecular weight is 594 g/mol. The van der Waals surface area contributed by atoms with Gasteiger partial charge in [0.25, 0.3) is 11.4 Å². The van der Waals surface area contributed by atoms with Crippen LogP contribution in [0.25, 0.3) is 33.1 Å².